The minimum atomic E-state index is -6.09. The van der Waals surface area contributed by atoms with Gasteiger partial charge in [0.25, 0.3) is 0 Å². The first-order chi connectivity index (χ1) is 50.9. The summed E-state index contributed by atoms with van der Waals surface area (Å²) in [7, 11) is -15.0. The molecule has 0 spiro atoms. The fraction of sp³-hybridized carbons (Fsp3) is 0.222. The molecule has 0 saturated heterocycles. The summed E-state index contributed by atoms with van der Waals surface area (Å²) in [6, 6.07) is 60.1. The van der Waals surface area contributed by atoms with Gasteiger partial charge in [0.05, 0.1) is 13.2 Å². The Morgan fingerprint density at radius 2 is 0.513 bits per heavy atom. The number of alkyl halides is 9. The molecule has 4 aromatic carbocycles. The molecule has 27 nitrogen and oxygen atoms in total. The third kappa shape index (κ3) is 34.3. The molecule has 115 heavy (non-hydrogen) atoms. The molecule has 0 radical (unpaired) electrons. The van der Waals surface area contributed by atoms with Crippen LogP contribution in [-0.2, 0) is 166 Å². The molecule has 0 aliphatic carbocycles. The summed E-state index contributed by atoms with van der Waals surface area (Å²) in [6.07, 6.45) is 9.65. The molecule has 0 bridgehead atoms. The Balaban J connectivity index is -0.00000103. The van der Waals surface area contributed by atoms with Crippen molar-refractivity contribution in [2.24, 2.45) is 0 Å². The Bertz CT molecular complexity index is 4220. The van der Waals surface area contributed by atoms with Crippen molar-refractivity contribution in [2.45, 2.75) is 61.0 Å². The number of nitrogens with zero attached hydrogens (tertiary/aromatic N) is 6. The van der Waals surface area contributed by atoms with E-state index in [1.165, 1.54) is 0 Å². The quantitative estimate of drug-likeness (QED) is 0.0299. The van der Waals surface area contributed by atoms with Gasteiger partial charge < -0.3 is 73.9 Å². The van der Waals surface area contributed by atoms with Gasteiger partial charge in [-0.15, -0.1) is 0 Å². The fourth-order valence-corrected chi connectivity index (χ4v) is 9.24. The summed E-state index contributed by atoms with van der Waals surface area (Å²) in [5, 5.41) is 65.7. The van der Waals surface area contributed by atoms with Gasteiger partial charge in [-0.05, 0) is 169 Å². The van der Waals surface area contributed by atoms with Gasteiger partial charge in [-0.25, -0.2) is 25.3 Å². The minimum Gasteiger partial charge on any atom is -2.00 e. The van der Waals surface area contributed by atoms with Crippen molar-refractivity contribution >= 4 is 42.3 Å². The van der Waals surface area contributed by atoms with Crippen LogP contribution in [0.3, 0.4) is 0 Å². The zero-order valence-electron chi connectivity index (χ0n) is 60.4. The molecule has 10 rings (SSSR count). The average Bonchev–Trinajstić information content (AvgIpc) is 0.744. The minimum absolute atomic E-state index is 0. The molecule has 0 unspecified atom stereocenters. The zero-order chi connectivity index (χ0) is 82.1. The van der Waals surface area contributed by atoms with Crippen LogP contribution >= 0.6 is 0 Å². The predicted octanol–water partition coefficient (Wildman–Crippen LogP) is 6.76. The number of benzene rings is 4. The number of carboxylic acid groups (broad SMARTS) is 2. The van der Waals surface area contributed by atoms with E-state index in [2.05, 4.69) is 39.4 Å². The first kappa shape index (κ1) is 113. The van der Waals surface area contributed by atoms with Crippen molar-refractivity contribution in [2.75, 3.05) is 40.6 Å². The number of halogens is 9. The Hall–Kier alpha value is -7.84. The number of hydrogen-bond acceptors (Lipinski definition) is 25. The van der Waals surface area contributed by atoms with Crippen molar-refractivity contribution in [3.8, 4) is 33.4 Å². The van der Waals surface area contributed by atoms with Crippen molar-refractivity contribution in [3.05, 3.63) is 288 Å². The summed E-state index contributed by atoms with van der Waals surface area (Å²) in [4.78, 5) is 45.5. The van der Waals surface area contributed by atoms with Crippen LogP contribution in [0.2, 0.25) is 0 Å². The molecular weight excluding hydrogens is 1810 g/mol. The molecule has 6 heterocycles. The number of aromatic nitrogens is 6. The first-order valence-electron chi connectivity index (χ1n) is 31.0. The normalized spacial score (nSPS) is 11.0. The van der Waals surface area contributed by atoms with Crippen molar-refractivity contribution < 1.29 is 223 Å². The topological polar surface area (TPSA) is 483 Å². The smallest absolute Gasteiger partial charge is 2.00 e. The van der Waals surface area contributed by atoms with Gasteiger partial charge in [0.15, 0.2) is 30.4 Å². The number of hydrogen-bond donors (Lipinski definition) is 0. The molecule has 0 fully saturated rings. The van der Waals surface area contributed by atoms with Crippen LogP contribution in [0.1, 0.15) is 78.5 Å². The third-order valence-corrected chi connectivity index (χ3v) is 15.4. The molecule has 10 aromatic rings. The van der Waals surface area contributed by atoms with Gasteiger partial charge in [-0.1, -0.05) is 109 Å². The van der Waals surface area contributed by atoms with Gasteiger partial charge in [0.1, 0.15) is 0 Å². The van der Waals surface area contributed by atoms with Gasteiger partial charge in [-0.2, -0.15) is 39.5 Å². The molecule has 6 aromatic heterocycles. The van der Waals surface area contributed by atoms with Crippen LogP contribution in [0.15, 0.2) is 237 Å². The summed E-state index contributed by atoms with van der Waals surface area (Å²) in [5.41, 5.74) is -16.5. The van der Waals surface area contributed by atoms with E-state index in [-0.39, 0.29) is 129 Å². The van der Waals surface area contributed by atoms with Crippen LogP contribution in [0.5, 0.6) is 0 Å². The number of carboxylic acids is 2. The first-order valence-corrected chi connectivity index (χ1v) is 35.2. The number of pyridine rings is 6. The number of aliphatic carboxylic acids is 2. The summed E-state index contributed by atoms with van der Waals surface area (Å²) in [5.74, 6) is -2.17. The van der Waals surface area contributed by atoms with Gasteiger partial charge in [0, 0.05) is 128 Å². The Morgan fingerprint density at radius 3 is 0.635 bits per heavy atom. The Kier molecular flexibility index (Phi) is 52.1. The number of rotatable bonds is 17. The van der Waals surface area contributed by atoms with Crippen molar-refractivity contribution in [1.82, 2.24) is 29.9 Å². The largest absolute Gasteiger partial charge is 3.00 e. The van der Waals surface area contributed by atoms with E-state index in [0.29, 0.717) is 63.3 Å². The Labute approximate surface area is 712 Å². The van der Waals surface area contributed by atoms with Crippen LogP contribution in [0, 0.1) is 0 Å². The summed E-state index contributed by atoms with van der Waals surface area (Å²) < 4.78 is 191. The van der Waals surface area contributed by atoms with E-state index in [1.807, 2.05) is 105 Å². The molecule has 0 aliphatic heterocycles. The van der Waals surface area contributed by atoms with E-state index >= 15 is 15.3 Å². The van der Waals surface area contributed by atoms with Crippen LogP contribution in [0.25, 0.3) is 33.4 Å². The molecule has 0 aliphatic rings. The maximum Gasteiger partial charge on any atom is 3.00 e. The maximum atomic E-state index is 16.0. The van der Waals surface area contributed by atoms with Crippen molar-refractivity contribution in [3.63, 3.8) is 0 Å². The summed E-state index contributed by atoms with van der Waals surface area (Å²) >= 11 is 0. The molecule has 0 amide bonds. The number of carbonyl (C=O) groups excluding carboxylic acids is 2. The van der Waals surface area contributed by atoms with Gasteiger partial charge in [-0.3, -0.25) is 29.9 Å². The number of methoxy groups -OCH3 is 2. The SMILES string of the molecule is CC(=O)[O-].CC(=O)[O-].CCOCC.COCCOC.O=S(=O)([O-])C(F)(F)F.O=S(=O)([O-])C(F)(F)F.O=S(=O)([O-])C(F)(F)F.[Mn+3].[Mn+3].[Mn+3].[O-2].[O-2].[O-]C(c1ccccn1)(c1ccccn1)c1ccccc1-c1cc(-c2ccccc2C([O-])(c2ccccn2)c2ccccn2)cc(-c2ccccc2C([O-])(c2ccccn2)c2ccccn2)c1.[Y+3]. The molecule has 0 saturated carbocycles. The second-order valence-corrected chi connectivity index (χ2v) is 25.3. The van der Waals surface area contributed by atoms with E-state index in [0.717, 1.165) is 27.1 Å². The molecule has 43 heteroatoms. The Morgan fingerprint density at radius 1 is 0.357 bits per heavy atom. The third-order valence-electron chi connectivity index (χ3n) is 13.7. The van der Waals surface area contributed by atoms with Crippen LogP contribution in [0.4, 0.5) is 39.5 Å². The second kappa shape index (κ2) is 52.8. The van der Waals surface area contributed by atoms with Crippen LogP contribution in [-0.4, -0.2) is 138 Å². The number of ether oxygens (including phenoxy) is 3. The molecule has 614 valence electrons. The summed E-state index contributed by atoms with van der Waals surface area (Å²) in [6.45, 7) is 8.99. The van der Waals surface area contributed by atoms with E-state index < -0.39 is 75.6 Å². The monoisotopic (exact) mass is 1870 g/mol. The van der Waals surface area contributed by atoms with E-state index in [4.69, 9.17) is 63.5 Å². The predicted molar refractivity (Wildman–Crippen MR) is 364 cm³/mol. The molecule has 0 atom stereocenters. The number of carbonyl (C=O) groups is 2. The van der Waals surface area contributed by atoms with Gasteiger partial charge >= 0.3 is 100 Å². The van der Waals surface area contributed by atoms with E-state index in [9.17, 15) is 39.5 Å². The maximum absolute atomic E-state index is 16.0. The van der Waals surface area contributed by atoms with E-state index in [1.54, 1.807) is 161 Å². The molecule has 0 N–H and O–H groups in total. The molecular formula is C72H65F9Mn3N6O21S3Y. The van der Waals surface area contributed by atoms with Crippen molar-refractivity contribution in [1.29, 1.82) is 0 Å². The zero-order valence-corrected chi connectivity index (χ0v) is 69.3. The average molecular weight is 1870 g/mol. The second-order valence-electron chi connectivity index (χ2n) is 21.2. The standard InChI is InChI=1S/C57H39N6O3.C4H10O2.C4H10O.2C2H4O2.3CHF3O3S.3Mn.2O.Y/c64-55(49-25-7-13-31-58-49,50-26-8-14-32-59-50)46-22-4-1-19-43(46)40-37-41(44-20-2-5-23-47(44)56(65,51-27-9-15-33-60-51)52-28-10-16-34-61-52)39-42(38-40)45-21-3-6-24-48(45)57(66,53-29-11-17-35-62-53)54-30-12-18-36-63-54;1-5-3-4-6-2;1-3-5-4-2;2*1-2(3)4;3*2-1(3,4)8(5,6)7;;;;;;/h1-39H;3-4H2,1-2H3;3-4H2,1-2H3;2*1H3,(H,3,4);3*(H,5,6,7);;;;;;/q-3;;;;;;;;3*+3;2*-2;+3/p-5. The van der Waals surface area contributed by atoms with Crippen LogP contribution < -0.4 is 25.5 Å². The fourth-order valence-electron chi connectivity index (χ4n) is 9.24. The van der Waals surface area contributed by atoms with Gasteiger partial charge in [0.2, 0.25) is 0 Å².